The van der Waals surface area contributed by atoms with Gasteiger partial charge < -0.3 is 14.6 Å². The van der Waals surface area contributed by atoms with Gasteiger partial charge in [0.25, 0.3) is 0 Å². The number of nitrogens with one attached hydrogen (secondary N) is 1. The van der Waals surface area contributed by atoms with E-state index in [4.69, 9.17) is 9.26 Å². The highest BCUT2D eigenvalue weighted by atomic mass is 16.5. The van der Waals surface area contributed by atoms with Crippen molar-refractivity contribution in [3.8, 4) is 0 Å². The Bertz CT molecular complexity index is 283. The number of hydrogen-bond acceptors (Lipinski definition) is 5. The molecule has 0 aromatic carbocycles. The van der Waals surface area contributed by atoms with E-state index in [1.165, 1.54) is 0 Å². The normalized spacial score (nSPS) is 12.9. The molecule has 5 heteroatoms. The second-order valence-electron chi connectivity index (χ2n) is 3.63. The first-order chi connectivity index (χ1) is 7.81. The van der Waals surface area contributed by atoms with Gasteiger partial charge in [0, 0.05) is 19.6 Å². The zero-order valence-electron chi connectivity index (χ0n) is 10.3. The first kappa shape index (κ1) is 13.1. The zero-order valence-corrected chi connectivity index (χ0v) is 10.3. The number of rotatable bonds is 8. The van der Waals surface area contributed by atoms with Gasteiger partial charge in [0.05, 0.1) is 0 Å². The molecule has 1 heterocycles. The monoisotopic (exact) mass is 227 g/mol. The number of aromatic nitrogens is 2. The molecule has 0 aliphatic carbocycles. The molecule has 0 bridgehead atoms. The van der Waals surface area contributed by atoms with Crippen LogP contribution in [0, 0.1) is 0 Å². The van der Waals surface area contributed by atoms with Gasteiger partial charge in [0.2, 0.25) is 11.7 Å². The first-order valence-electron chi connectivity index (χ1n) is 5.90. The van der Waals surface area contributed by atoms with Crippen molar-refractivity contribution in [3.05, 3.63) is 11.7 Å². The molecule has 1 atom stereocenters. The van der Waals surface area contributed by atoms with Gasteiger partial charge in [-0.15, -0.1) is 0 Å². The first-order valence-corrected chi connectivity index (χ1v) is 5.90. The molecule has 0 amide bonds. The predicted molar refractivity (Wildman–Crippen MR) is 61.2 cm³/mol. The van der Waals surface area contributed by atoms with Crippen molar-refractivity contribution in [3.63, 3.8) is 0 Å². The summed E-state index contributed by atoms with van der Waals surface area (Å²) in [5.41, 5.74) is 0. The Morgan fingerprint density at radius 2 is 2.25 bits per heavy atom. The summed E-state index contributed by atoms with van der Waals surface area (Å²) in [6.07, 6.45) is 2.71. The van der Waals surface area contributed by atoms with Crippen LogP contribution >= 0.6 is 0 Å². The highest BCUT2D eigenvalue weighted by molar-refractivity contribution is 4.91. The summed E-state index contributed by atoms with van der Waals surface area (Å²) >= 11 is 0. The molecule has 0 saturated carbocycles. The minimum Gasteiger partial charge on any atom is -0.370 e. The Morgan fingerprint density at radius 1 is 1.44 bits per heavy atom. The van der Waals surface area contributed by atoms with Crippen LogP contribution in [0.25, 0.3) is 0 Å². The van der Waals surface area contributed by atoms with Crippen molar-refractivity contribution in [2.24, 2.45) is 0 Å². The Labute approximate surface area is 96.6 Å². The van der Waals surface area contributed by atoms with E-state index in [0.29, 0.717) is 18.3 Å². The fourth-order valence-corrected chi connectivity index (χ4v) is 1.48. The Balaban J connectivity index is 2.58. The van der Waals surface area contributed by atoms with Gasteiger partial charge in [-0.2, -0.15) is 4.98 Å². The van der Waals surface area contributed by atoms with Crippen LogP contribution < -0.4 is 5.32 Å². The molecule has 0 spiro atoms. The maximum atomic E-state index is 5.59. The molecule has 0 aliphatic rings. The lowest BCUT2D eigenvalue weighted by molar-refractivity contribution is 0.0478. The summed E-state index contributed by atoms with van der Waals surface area (Å²) in [4.78, 5) is 4.34. The molecule has 0 saturated heterocycles. The summed E-state index contributed by atoms with van der Waals surface area (Å²) < 4.78 is 10.7. The molecule has 1 aromatic rings. The van der Waals surface area contributed by atoms with E-state index in [1.54, 1.807) is 0 Å². The Kier molecular flexibility index (Phi) is 6.03. The second-order valence-corrected chi connectivity index (χ2v) is 3.63. The quantitative estimate of drug-likeness (QED) is 0.732. The van der Waals surface area contributed by atoms with E-state index in [2.05, 4.69) is 22.4 Å². The van der Waals surface area contributed by atoms with Crippen LogP contribution in [-0.4, -0.2) is 30.3 Å². The van der Waals surface area contributed by atoms with Crippen molar-refractivity contribution in [2.75, 3.05) is 20.2 Å². The number of nitrogens with zero attached hydrogens (tertiary/aromatic N) is 2. The number of ether oxygens (including phenoxy) is 1. The highest BCUT2D eigenvalue weighted by Crippen LogP contribution is 2.19. The molecule has 1 rings (SSSR count). The molecule has 0 fully saturated rings. The van der Waals surface area contributed by atoms with Crippen molar-refractivity contribution in [2.45, 2.75) is 39.2 Å². The lowest BCUT2D eigenvalue weighted by atomic mass is 10.2. The van der Waals surface area contributed by atoms with E-state index in [9.17, 15) is 0 Å². The van der Waals surface area contributed by atoms with E-state index < -0.39 is 0 Å². The third-order valence-electron chi connectivity index (χ3n) is 2.28. The Morgan fingerprint density at radius 3 is 2.88 bits per heavy atom. The third-order valence-corrected chi connectivity index (χ3v) is 2.28. The largest absolute Gasteiger partial charge is 0.370 e. The van der Waals surface area contributed by atoms with Gasteiger partial charge in [-0.3, -0.25) is 0 Å². The van der Waals surface area contributed by atoms with Crippen molar-refractivity contribution in [1.82, 2.24) is 15.5 Å². The van der Waals surface area contributed by atoms with Crippen molar-refractivity contribution in [1.29, 1.82) is 0 Å². The van der Waals surface area contributed by atoms with Crippen LogP contribution in [0.2, 0.25) is 0 Å². The van der Waals surface area contributed by atoms with Gasteiger partial charge in [-0.05, 0) is 20.4 Å². The third kappa shape index (κ3) is 3.90. The molecule has 1 aromatic heterocycles. The Hall–Kier alpha value is -0.940. The van der Waals surface area contributed by atoms with Crippen LogP contribution in [0.3, 0.4) is 0 Å². The molecule has 0 aliphatic heterocycles. The van der Waals surface area contributed by atoms with Gasteiger partial charge in [-0.1, -0.05) is 18.5 Å². The van der Waals surface area contributed by atoms with Gasteiger partial charge in [0.15, 0.2) is 0 Å². The summed E-state index contributed by atoms with van der Waals surface area (Å²) in [6, 6.07) is 0. The average Bonchev–Trinajstić information content (AvgIpc) is 2.74. The van der Waals surface area contributed by atoms with Gasteiger partial charge >= 0.3 is 0 Å². The summed E-state index contributed by atoms with van der Waals surface area (Å²) in [7, 11) is 1.90. The van der Waals surface area contributed by atoms with E-state index in [1.807, 2.05) is 14.0 Å². The molecule has 1 N–H and O–H groups in total. The van der Waals surface area contributed by atoms with E-state index >= 15 is 0 Å². The number of likely N-dealkylation sites (N-methyl/N-ethyl adjacent to an activating group) is 1. The van der Waals surface area contributed by atoms with Crippen molar-refractivity contribution < 1.29 is 9.26 Å². The number of hydrogen-bond donors (Lipinski definition) is 1. The van der Waals surface area contributed by atoms with Crippen LogP contribution in [0.1, 0.15) is 44.5 Å². The SMILES string of the molecule is CCCC(OCC)c1noc(CCNC)n1. The maximum Gasteiger partial charge on any atom is 0.228 e. The molecular weight excluding hydrogens is 206 g/mol. The summed E-state index contributed by atoms with van der Waals surface area (Å²) in [6.45, 7) is 5.61. The molecule has 16 heavy (non-hydrogen) atoms. The standard InChI is InChI=1S/C11H21N3O2/c1-4-6-9(15-5-2)11-13-10(16-14-11)7-8-12-3/h9,12H,4-8H2,1-3H3. The van der Waals surface area contributed by atoms with E-state index in [-0.39, 0.29) is 6.10 Å². The van der Waals surface area contributed by atoms with Crippen LogP contribution in [0.15, 0.2) is 4.52 Å². The summed E-state index contributed by atoms with van der Waals surface area (Å²) in [5.74, 6) is 1.35. The second kappa shape index (κ2) is 7.35. The van der Waals surface area contributed by atoms with Crippen molar-refractivity contribution >= 4 is 0 Å². The van der Waals surface area contributed by atoms with E-state index in [0.717, 1.165) is 25.8 Å². The lowest BCUT2D eigenvalue weighted by Gasteiger charge is -2.11. The lowest BCUT2D eigenvalue weighted by Crippen LogP contribution is -2.11. The maximum absolute atomic E-state index is 5.59. The minimum absolute atomic E-state index is 0.0258. The average molecular weight is 227 g/mol. The smallest absolute Gasteiger partial charge is 0.228 e. The van der Waals surface area contributed by atoms with Crippen LogP contribution in [0.5, 0.6) is 0 Å². The van der Waals surface area contributed by atoms with Crippen LogP contribution in [-0.2, 0) is 11.2 Å². The zero-order chi connectivity index (χ0) is 11.8. The van der Waals surface area contributed by atoms with Gasteiger partial charge in [-0.25, -0.2) is 0 Å². The topological polar surface area (TPSA) is 60.2 Å². The molecule has 5 nitrogen and oxygen atoms in total. The summed E-state index contributed by atoms with van der Waals surface area (Å²) in [5, 5.41) is 7.01. The van der Waals surface area contributed by atoms with Crippen LogP contribution in [0.4, 0.5) is 0 Å². The molecular formula is C11H21N3O2. The van der Waals surface area contributed by atoms with Gasteiger partial charge in [0.1, 0.15) is 6.10 Å². The minimum atomic E-state index is -0.0258. The molecule has 1 unspecified atom stereocenters. The fraction of sp³-hybridized carbons (Fsp3) is 0.818. The fourth-order valence-electron chi connectivity index (χ4n) is 1.48. The highest BCUT2D eigenvalue weighted by Gasteiger charge is 2.17. The molecule has 92 valence electrons. The molecule has 0 radical (unpaired) electrons. The predicted octanol–water partition coefficient (Wildman–Crippen LogP) is 1.71.